The van der Waals surface area contributed by atoms with Gasteiger partial charge in [0, 0.05) is 36.3 Å². The van der Waals surface area contributed by atoms with Crippen LogP contribution < -0.4 is 20.1 Å². The molecule has 1 saturated heterocycles. The van der Waals surface area contributed by atoms with E-state index < -0.39 is 0 Å². The summed E-state index contributed by atoms with van der Waals surface area (Å²) in [6, 6.07) is 13.8. The molecule has 8 nitrogen and oxygen atoms in total. The first kappa shape index (κ1) is 25.5. The zero-order valence-corrected chi connectivity index (χ0v) is 21.0. The minimum absolute atomic E-state index is 0.0437. The van der Waals surface area contributed by atoms with Gasteiger partial charge in [-0.3, -0.25) is 14.4 Å². The van der Waals surface area contributed by atoms with Gasteiger partial charge in [-0.15, -0.1) is 0 Å². The maximum absolute atomic E-state index is 13.2. The lowest BCUT2D eigenvalue weighted by Crippen LogP contribution is -2.55. The van der Waals surface area contributed by atoms with Gasteiger partial charge < -0.3 is 25.0 Å². The van der Waals surface area contributed by atoms with Crippen LogP contribution in [0.2, 0.25) is 0 Å². The Balaban J connectivity index is 1.35. The van der Waals surface area contributed by atoms with Gasteiger partial charge in [-0.05, 0) is 74.2 Å². The van der Waals surface area contributed by atoms with Crippen LogP contribution in [0.25, 0.3) is 0 Å². The fourth-order valence-electron chi connectivity index (χ4n) is 5.06. The van der Waals surface area contributed by atoms with Crippen LogP contribution in [0.1, 0.15) is 59.2 Å². The van der Waals surface area contributed by atoms with Crippen LogP contribution in [0.4, 0.5) is 0 Å². The Morgan fingerprint density at radius 3 is 1.89 bits per heavy atom. The molecule has 3 atom stereocenters. The fraction of sp³-hybridized carbons (Fsp3) is 0.464. The van der Waals surface area contributed by atoms with Crippen LogP contribution in [0, 0.1) is 5.92 Å². The highest BCUT2D eigenvalue weighted by atomic mass is 16.5. The molecule has 2 aliphatic rings. The molecule has 2 fully saturated rings. The Bertz CT molecular complexity index is 1050. The summed E-state index contributed by atoms with van der Waals surface area (Å²) >= 11 is 0. The van der Waals surface area contributed by atoms with E-state index in [0.29, 0.717) is 35.7 Å². The van der Waals surface area contributed by atoms with E-state index in [-0.39, 0.29) is 35.7 Å². The molecule has 192 valence electrons. The van der Waals surface area contributed by atoms with Gasteiger partial charge in [0.05, 0.1) is 20.1 Å². The van der Waals surface area contributed by atoms with E-state index in [2.05, 4.69) is 10.6 Å². The highest BCUT2D eigenvalue weighted by molar-refractivity contribution is 5.95. The van der Waals surface area contributed by atoms with Crippen molar-refractivity contribution in [1.82, 2.24) is 15.5 Å². The van der Waals surface area contributed by atoms with Gasteiger partial charge in [0.1, 0.15) is 11.5 Å². The second-order valence-corrected chi connectivity index (χ2v) is 9.53. The lowest BCUT2D eigenvalue weighted by molar-refractivity contribution is -0.127. The molecule has 0 aromatic heterocycles. The van der Waals surface area contributed by atoms with Crippen molar-refractivity contribution in [3.8, 4) is 11.5 Å². The third-order valence-electron chi connectivity index (χ3n) is 7.18. The predicted octanol–water partition coefficient (Wildman–Crippen LogP) is 3.41. The summed E-state index contributed by atoms with van der Waals surface area (Å²) in [4.78, 5) is 40.8. The summed E-state index contributed by atoms with van der Waals surface area (Å²) in [5.41, 5.74) is 1.15. The molecule has 0 unspecified atom stereocenters. The molecular weight excluding hydrogens is 458 g/mol. The van der Waals surface area contributed by atoms with Crippen molar-refractivity contribution in [2.45, 2.75) is 50.6 Å². The molecule has 0 radical (unpaired) electrons. The maximum atomic E-state index is 13.2. The summed E-state index contributed by atoms with van der Waals surface area (Å²) in [6.07, 6.45) is 5.18. The zero-order valence-electron chi connectivity index (χ0n) is 21.0. The van der Waals surface area contributed by atoms with Crippen LogP contribution >= 0.6 is 0 Å². The Hall–Kier alpha value is -3.55. The lowest BCUT2D eigenvalue weighted by atomic mass is 9.88. The topological polar surface area (TPSA) is 97.0 Å². The molecule has 1 heterocycles. The van der Waals surface area contributed by atoms with E-state index >= 15 is 0 Å². The Morgan fingerprint density at radius 1 is 0.750 bits per heavy atom. The largest absolute Gasteiger partial charge is 0.497 e. The Morgan fingerprint density at radius 2 is 1.31 bits per heavy atom. The number of hydrogen-bond acceptors (Lipinski definition) is 5. The van der Waals surface area contributed by atoms with Crippen LogP contribution in [0.15, 0.2) is 48.5 Å². The maximum Gasteiger partial charge on any atom is 0.253 e. The van der Waals surface area contributed by atoms with E-state index in [4.69, 9.17) is 9.47 Å². The minimum Gasteiger partial charge on any atom is -0.497 e. The summed E-state index contributed by atoms with van der Waals surface area (Å²) in [5.74, 6) is 0.860. The second-order valence-electron chi connectivity index (χ2n) is 9.53. The van der Waals surface area contributed by atoms with E-state index in [1.807, 2.05) is 0 Å². The molecule has 0 bridgehead atoms. The van der Waals surface area contributed by atoms with Crippen LogP contribution in [0.3, 0.4) is 0 Å². The number of ether oxygens (including phenoxy) is 2. The van der Waals surface area contributed by atoms with Gasteiger partial charge in [0.2, 0.25) is 5.91 Å². The van der Waals surface area contributed by atoms with Crippen LogP contribution in [0.5, 0.6) is 11.5 Å². The average molecular weight is 494 g/mol. The molecule has 1 saturated carbocycles. The molecule has 1 aliphatic heterocycles. The van der Waals surface area contributed by atoms with Gasteiger partial charge in [0.15, 0.2) is 0 Å². The molecule has 36 heavy (non-hydrogen) atoms. The second kappa shape index (κ2) is 11.9. The molecule has 3 amide bonds. The smallest absolute Gasteiger partial charge is 0.253 e. The average Bonchev–Trinajstić information content (AvgIpc) is 2.93. The van der Waals surface area contributed by atoms with Crippen LogP contribution in [-0.4, -0.2) is 62.0 Å². The molecule has 8 heteroatoms. The molecular formula is C28H35N3O5. The number of likely N-dealkylation sites (tertiary alicyclic amines) is 1. The van der Waals surface area contributed by atoms with Gasteiger partial charge in [0.25, 0.3) is 11.8 Å². The molecule has 2 aromatic carbocycles. The van der Waals surface area contributed by atoms with Crippen molar-refractivity contribution in [3.05, 3.63) is 59.7 Å². The number of methoxy groups -OCH3 is 2. The highest BCUT2D eigenvalue weighted by Crippen LogP contribution is 2.23. The first-order chi connectivity index (χ1) is 17.5. The lowest BCUT2D eigenvalue weighted by Gasteiger charge is -2.36. The first-order valence-corrected chi connectivity index (χ1v) is 12.7. The number of nitrogens with one attached hydrogen (secondary N) is 2. The molecule has 0 spiro atoms. The fourth-order valence-corrected chi connectivity index (χ4v) is 5.06. The SMILES string of the molecule is COc1ccc(C(=O)N[C@@H]2CCCC[C@H]2NC(=O)[C@@H]2CCCN(C(=O)c3ccc(OC)cc3)C2)cc1. The minimum atomic E-state index is -0.263. The van der Waals surface area contributed by atoms with Crippen molar-refractivity contribution in [3.63, 3.8) is 0 Å². The first-order valence-electron chi connectivity index (χ1n) is 12.7. The van der Waals surface area contributed by atoms with Crippen molar-refractivity contribution in [2.24, 2.45) is 5.92 Å². The summed E-state index contributed by atoms with van der Waals surface area (Å²) in [5, 5.41) is 6.32. The van der Waals surface area contributed by atoms with E-state index in [9.17, 15) is 14.4 Å². The number of rotatable bonds is 7. The number of piperidine rings is 1. The molecule has 1 aliphatic carbocycles. The summed E-state index contributed by atoms with van der Waals surface area (Å²) in [6.45, 7) is 1.03. The summed E-state index contributed by atoms with van der Waals surface area (Å²) in [7, 11) is 3.18. The number of carbonyl (C=O) groups is 3. The summed E-state index contributed by atoms with van der Waals surface area (Å²) < 4.78 is 10.3. The van der Waals surface area contributed by atoms with Crippen molar-refractivity contribution < 1.29 is 23.9 Å². The number of amides is 3. The standard InChI is InChI=1S/C28H35N3O5/c1-35-22-13-9-19(10-14-22)26(32)29-24-7-3-4-8-25(24)30-27(33)21-6-5-17-31(18-21)28(34)20-11-15-23(36-2)16-12-20/h9-16,21,24-25H,3-8,17-18H2,1-2H3,(H,29,32)(H,30,33)/t21-,24-,25-/m1/s1. The third-order valence-corrected chi connectivity index (χ3v) is 7.18. The van der Waals surface area contributed by atoms with Gasteiger partial charge in [-0.1, -0.05) is 12.8 Å². The van der Waals surface area contributed by atoms with Gasteiger partial charge in [-0.2, -0.15) is 0 Å². The zero-order chi connectivity index (χ0) is 25.5. The van der Waals surface area contributed by atoms with Gasteiger partial charge in [-0.25, -0.2) is 0 Å². The Labute approximate surface area is 212 Å². The van der Waals surface area contributed by atoms with E-state index in [1.54, 1.807) is 67.7 Å². The van der Waals surface area contributed by atoms with Crippen LogP contribution in [-0.2, 0) is 4.79 Å². The normalized spacial score (nSPS) is 21.8. The van der Waals surface area contributed by atoms with Crippen molar-refractivity contribution in [2.75, 3.05) is 27.3 Å². The third kappa shape index (κ3) is 6.17. The number of benzene rings is 2. The van der Waals surface area contributed by atoms with Crippen molar-refractivity contribution in [1.29, 1.82) is 0 Å². The van der Waals surface area contributed by atoms with Crippen molar-refractivity contribution >= 4 is 17.7 Å². The molecule has 2 aromatic rings. The quantitative estimate of drug-likeness (QED) is 0.616. The number of carbonyl (C=O) groups excluding carboxylic acids is 3. The monoisotopic (exact) mass is 493 g/mol. The van der Waals surface area contributed by atoms with Gasteiger partial charge >= 0.3 is 0 Å². The molecule has 2 N–H and O–H groups in total. The Kier molecular flexibility index (Phi) is 8.46. The number of hydrogen-bond donors (Lipinski definition) is 2. The van der Waals surface area contributed by atoms with E-state index in [1.165, 1.54) is 0 Å². The number of nitrogens with zero attached hydrogens (tertiary/aromatic N) is 1. The predicted molar refractivity (Wildman–Crippen MR) is 136 cm³/mol. The molecule has 4 rings (SSSR count). The highest BCUT2D eigenvalue weighted by Gasteiger charge is 2.33. The van der Waals surface area contributed by atoms with E-state index in [0.717, 1.165) is 38.5 Å².